The van der Waals surface area contributed by atoms with Crippen molar-refractivity contribution in [2.75, 3.05) is 71.8 Å². The number of nitrogens with one attached hydrogen (secondary N) is 2. The van der Waals surface area contributed by atoms with Crippen molar-refractivity contribution in [1.82, 2.24) is 25.1 Å². The van der Waals surface area contributed by atoms with Crippen LogP contribution in [-0.2, 0) is 14.3 Å². The van der Waals surface area contributed by atoms with Crippen molar-refractivity contribution in [2.45, 2.75) is 25.8 Å². The Balaban J connectivity index is 1.96. The van der Waals surface area contributed by atoms with Crippen molar-refractivity contribution in [3.05, 3.63) is 53.7 Å². The van der Waals surface area contributed by atoms with Crippen molar-refractivity contribution >= 4 is 29.3 Å². The fourth-order valence-corrected chi connectivity index (χ4v) is 3.45. The van der Waals surface area contributed by atoms with E-state index in [-0.39, 0.29) is 11.8 Å². The van der Waals surface area contributed by atoms with E-state index in [9.17, 15) is 9.59 Å². The van der Waals surface area contributed by atoms with Gasteiger partial charge in [-0.05, 0) is 51.7 Å². The molecule has 0 radical (unpaired) electrons. The van der Waals surface area contributed by atoms with E-state index in [1.165, 1.54) is 11.0 Å². The van der Waals surface area contributed by atoms with Gasteiger partial charge in [-0.15, -0.1) is 0 Å². The van der Waals surface area contributed by atoms with Crippen molar-refractivity contribution < 1.29 is 14.3 Å². The first-order valence-corrected chi connectivity index (χ1v) is 13.3. The summed E-state index contributed by atoms with van der Waals surface area (Å²) in [5, 5.41) is 15.0. The van der Waals surface area contributed by atoms with Gasteiger partial charge in [-0.1, -0.05) is 17.9 Å². The first kappa shape index (κ1) is 32.8. The van der Waals surface area contributed by atoms with Gasteiger partial charge in [0, 0.05) is 59.0 Å². The van der Waals surface area contributed by atoms with E-state index in [1.807, 2.05) is 30.9 Å². The van der Waals surface area contributed by atoms with Gasteiger partial charge in [0.25, 0.3) is 0 Å². The number of benzene rings is 1. The third kappa shape index (κ3) is 11.3. The van der Waals surface area contributed by atoms with E-state index >= 15 is 0 Å². The number of aromatic nitrogens is 2. The number of amides is 2. The molecular weight excluding hydrogens is 520 g/mol. The monoisotopic (exact) mass is 560 g/mol. The Morgan fingerprint density at radius 3 is 2.56 bits per heavy atom. The maximum absolute atomic E-state index is 12.5. The van der Waals surface area contributed by atoms with E-state index < -0.39 is 6.04 Å². The molecule has 0 saturated carbocycles. The summed E-state index contributed by atoms with van der Waals surface area (Å²) >= 11 is 0. The van der Waals surface area contributed by atoms with Crippen molar-refractivity contribution in [1.29, 1.82) is 5.26 Å². The average Bonchev–Trinajstić information content (AvgIpc) is 2.97. The minimum atomic E-state index is -0.587. The van der Waals surface area contributed by atoms with Crippen LogP contribution >= 0.6 is 0 Å². The quantitative estimate of drug-likeness (QED) is 0.203. The number of anilines is 3. The normalized spacial score (nSPS) is 11.4. The lowest BCUT2D eigenvalue weighted by Gasteiger charge is -2.23. The van der Waals surface area contributed by atoms with Crippen LogP contribution in [0, 0.1) is 23.2 Å². The van der Waals surface area contributed by atoms with Gasteiger partial charge >= 0.3 is 0 Å². The topological polar surface area (TPSA) is 127 Å². The van der Waals surface area contributed by atoms with Crippen LogP contribution in [0.4, 0.5) is 17.5 Å². The number of ether oxygens (including phenoxy) is 1. The molecule has 0 unspecified atom stereocenters. The van der Waals surface area contributed by atoms with Crippen molar-refractivity contribution in [3.63, 3.8) is 0 Å². The molecule has 2 amide bonds. The summed E-state index contributed by atoms with van der Waals surface area (Å²) in [5.41, 5.74) is 2.01. The lowest BCUT2D eigenvalue weighted by atomic mass is 10.2. The molecule has 0 aliphatic heterocycles. The highest BCUT2D eigenvalue weighted by atomic mass is 16.5. The lowest BCUT2D eigenvalue weighted by molar-refractivity contribution is -0.135. The Bertz CT molecular complexity index is 1280. The summed E-state index contributed by atoms with van der Waals surface area (Å²) in [5.74, 6) is 6.94. The van der Waals surface area contributed by atoms with Crippen LogP contribution in [0.5, 0.6) is 0 Å². The maximum Gasteiger partial charge on any atom is 0.246 e. The number of carbonyl (C=O) groups is 2. The van der Waals surface area contributed by atoms with Crippen molar-refractivity contribution in [2.24, 2.45) is 0 Å². The first-order chi connectivity index (χ1) is 19.7. The summed E-state index contributed by atoms with van der Waals surface area (Å²) in [7, 11) is 9.01. The second-order valence-electron chi connectivity index (χ2n) is 9.65. The number of hydrogen-bond acceptors (Lipinski definition) is 9. The molecule has 11 nitrogen and oxygen atoms in total. The molecule has 2 aromatic rings. The fourth-order valence-electron chi connectivity index (χ4n) is 3.45. The number of carbonyl (C=O) groups excluding carboxylic acids is 2. The van der Waals surface area contributed by atoms with Gasteiger partial charge in [0.15, 0.2) is 0 Å². The number of methoxy groups -OCH3 is 1. The Kier molecular flexibility index (Phi) is 13.8. The summed E-state index contributed by atoms with van der Waals surface area (Å²) in [6.07, 6.45) is 6.14. The average molecular weight is 561 g/mol. The van der Waals surface area contributed by atoms with Crippen LogP contribution in [0.1, 0.15) is 30.9 Å². The molecule has 0 aliphatic rings. The second kappa shape index (κ2) is 17.3. The minimum Gasteiger partial charge on any atom is -0.383 e. The van der Waals surface area contributed by atoms with E-state index in [1.54, 1.807) is 57.6 Å². The maximum atomic E-state index is 12.5. The molecule has 0 aliphatic carbocycles. The second-order valence-corrected chi connectivity index (χ2v) is 9.65. The van der Waals surface area contributed by atoms with E-state index in [0.29, 0.717) is 62.0 Å². The largest absolute Gasteiger partial charge is 0.383 e. The highest BCUT2D eigenvalue weighted by Gasteiger charge is 2.20. The van der Waals surface area contributed by atoms with Crippen LogP contribution in [0.2, 0.25) is 0 Å². The molecule has 1 atom stereocenters. The zero-order valence-corrected chi connectivity index (χ0v) is 24.8. The fraction of sp³-hybridized carbons (Fsp3) is 0.433. The molecule has 218 valence electrons. The van der Waals surface area contributed by atoms with Gasteiger partial charge < -0.3 is 30.1 Å². The predicted octanol–water partition coefficient (Wildman–Crippen LogP) is 2.39. The highest BCUT2D eigenvalue weighted by molar-refractivity contribution is 5.92. The number of nitrogens with zero attached hydrogens (tertiary/aromatic N) is 6. The molecule has 0 saturated heterocycles. The first-order valence-electron chi connectivity index (χ1n) is 13.3. The smallest absolute Gasteiger partial charge is 0.246 e. The summed E-state index contributed by atoms with van der Waals surface area (Å²) < 4.78 is 5.21. The zero-order chi connectivity index (χ0) is 30.2. The third-order valence-corrected chi connectivity index (χ3v) is 6.07. The van der Waals surface area contributed by atoms with Gasteiger partial charge in [-0.25, -0.2) is 4.98 Å². The van der Waals surface area contributed by atoms with Gasteiger partial charge in [-0.3, -0.25) is 9.59 Å². The number of hydrogen-bond donors (Lipinski definition) is 2. The molecule has 2 rings (SSSR count). The molecular formula is C30H40N8O3. The minimum absolute atomic E-state index is 0.212. The molecule has 11 heteroatoms. The van der Waals surface area contributed by atoms with Crippen molar-refractivity contribution in [3.8, 4) is 17.9 Å². The molecule has 0 spiro atoms. The van der Waals surface area contributed by atoms with E-state index in [0.717, 1.165) is 5.69 Å². The highest BCUT2D eigenvalue weighted by Crippen LogP contribution is 2.20. The molecule has 0 bridgehead atoms. The number of likely N-dealkylation sites (N-methyl/N-ethyl adjacent to an activating group) is 3. The number of nitriles is 1. The summed E-state index contributed by atoms with van der Waals surface area (Å²) in [4.78, 5) is 39.2. The van der Waals surface area contributed by atoms with Crippen LogP contribution in [0.15, 0.2) is 42.6 Å². The van der Waals surface area contributed by atoms with Crippen LogP contribution in [0.3, 0.4) is 0 Å². The number of rotatable bonds is 14. The third-order valence-electron chi connectivity index (χ3n) is 6.07. The van der Waals surface area contributed by atoms with Gasteiger partial charge in [0.05, 0.1) is 30.0 Å². The van der Waals surface area contributed by atoms with Crippen LogP contribution in [0.25, 0.3) is 0 Å². The molecule has 41 heavy (non-hydrogen) atoms. The molecule has 2 N–H and O–H groups in total. The Hall–Kier alpha value is -4.45. The Morgan fingerprint density at radius 2 is 1.90 bits per heavy atom. The van der Waals surface area contributed by atoms with Crippen LogP contribution < -0.4 is 15.5 Å². The lowest BCUT2D eigenvalue weighted by Crippen LogP contribution is -2.45. The molecule has 1 heterocycles. The standard InChI is InChI=1S/C30H40N8O3/c1-23(38(5)27(39)12-10-18-36(2)3)29(40)32-17-9-7-8-11-25-22-33-30(35-28(25)37(4)19-20-41-6)34-26-15-13-24(21-31)14-16-26/h10,12-16,22-23H,7,9,17-20H2,1-6H3,(H,32,40)(H,33,34,35)/t23-/m0/s1. The summed E-state index contributed by atoms with van der Waals surface area (Å²) in [6.45, 7) is 3.94. The van der Waals surface area contributed by atoms with Gasteiger partial charge in [0.2, 0.25) is 17.8 Å². The number of unbranched alkanes of at least 4 members (excludes halogenated alkanes) is 1. The van der Waals surface area contributed by atoms with Gasteiger partial charge in [-0.2, -0.15) is 10.2 Å². The molecule has 1 aromatic carbocycles. The molecule has 0 fully saturated rings. The zero-order valence-electron chi connectivity index (χ0n) is 24.8. The SMILES string of the molecule is COCCN(C)c1nc(Nc2ccc(C#N)cc2)ncc1C#CCCCNC(=O)[C@H](C)N(C)C(=O)C=CCN(C)C. The molecule has 1 aromatic heterocycles. The Labute approximate surface area is 243 Å². The van der Waals surface area contributed by atoms with Crippen LogP contribution in [-0.4, -0.2) is 99.2 Å². The van der Waals surface area contributed by atoms with Gasteiger partial charge in [0.1, 0.15) is 11.9 Å². The summed E-state index contributed by atoms with van der Waals surface area (Å²) in [6, 6.07) is 8.54. The Morgan fingerprint density at radius 1 is 1.17 bits per heavy atom. The van der Waals surface area contributed by atoms with E-state index in [2.05, 4.69) is 38.5 Å². The predicted molar refractivity (Wildman–Crippen MR) is 161 cm³/mol. The van der Waals surface area contributed by atoms with E-state index in [4.69, 9.17) is 10.00 Å².